The molecule has 0 spiro atoms. The van der Waals surface area contributed by atoms with Gasteiger partial charge in [0.25, 0.3) is 0 Å². The molecule has 0 amide bonds. The maximum absolute atomic E-state index is 10.2. The van der Waals surface area contributed by atoms with E-state index in [1.54, 1.807) is 7.11 Å². The van der Waals surface area contributed by atoms with Gasteiger partial charge in [0.2, 0.25) is 0 Å². The van der Waals surface area contributed by atoms with Crippen molar-refractivity contribution in [3.05, 3.63) is 77.9 Å². The Hall–Kier alpha value is -2.56. The third-order valence-electron chi connectivity index (χ3n) is 6.40. The number of aliphatic hydroxyl groups excluding tert-OH is 1. The molecule has 0 aromatic heterocycles. The minimum absolute atomic E-state index is 0.158. The number of hydrogen-bond acceptors (Lipinski definition) is 4. The molecule has 152 valence electrons. The predicted octanol–water partition coefficient (Wildman–Crippen LogP) is 4.18. The van der Waals surface area contributed by atoms with Crippen LogP contribution in [0.15, 0.2) is 61.2 Å². The normalized spacial score (nSPS) is 26.2. The number of ether oxygens (including phenoxy) is 2. The summed E-state index contributed by atoms with van der Waals surface area (Å²) in [5.41, 5.74) is 3.11. The highest BCUT2D eigenvalue weighted by molar-refractivity contribution is 5.68. The molecule has 1 fully saturated rings. The molecular formula is C25H29NO3. The summed E-state index contributed by atoms with van der Waals surface area (Å²) in [5, 5.41) is 10.2. The highest BCUT2D eigenvalue weighted by atomic mass is 16.5. The van der Waals surface area contributed by atoms with Gasteiger partial charge in [-0.15, -0.1) is 0 Å². The second-order valence-electron chi connectivity index (χ2n) is 7.99. The summed E-state index contributed by atoms with van der Waals surface area (Å²) >= 11 is 0. The van der Waals surface area contributed by atoms with E-state index in [1.165, 1.54) is 5.56 Å². The molecule has 0 bridgehead atoms. The maximum atomic E-state index is 10.2. The molecule has 1 aliphatic carbocycles. The molecule has 4 rings (SSSR count). The smallest absolute Gasteiger partial charge is 0.169 e. The zero-order valence-corrected chi connectivity index (χ0v) is 17.2. The first-order valence-corrected chi connectivity index (χ1v) is 10.2. The molecule has 4 nitrogen and oxygen atoms in total. The van der Waals surface area contributed by atoms with Gasteiger partial charge in [-0.3, -0.25) is 0 Å². The van der Waals surface area contributed by atoms with E-state index in [2.05, 4.69) is 42.8 Å². The summed E-state index contributed by atoms with van der Waals surface area (Å²) in [7, 11) is 3.81. The number of methoxy groups -OCH3 is 1. The van der Waals surface area contributed by atoms with Crippen LogP contribution in [0.5, 0.6) is 11.5 Å². The van der Waals surface area contributed by atoms with E-state index in [1.807, 2.05) is 36.4 Å². The van der Waals surface area contributed by atoms with E-state index in [0.29, 0.717) is 12.4 Å². The highest BCUT2D eigenvalue weighted by Gasteiger charge is 2.49. The van der Waals surface area contributed by atoms with Crippen molar-refractivity contribution in [1.82, 2.24) is 4.90 Å². The molecule has 4 heteroatoms. The van der Waals surface area contributed by atoms with Crippen molar-refractivity contribution in [2.75, 3.05) is 20.7 Å². The molecule has 1 aliphatic heterocycles. The number of aliphatic hydroxyl groups is 1. The van der Waals surface area contributed by atoms with Gasteiger partial charge in [-0.1, -0.05) is 61.2 Å². The molecule has 0 unspecified atom stereocenters. The quantitative estimate of drug-likeness (QED) is 0.750. The summed E-state index contributed by atoms with van der Waals surface area (Å²) in [5.74, 6) is 1.43. The summed E-state index contributed by atoms with van der Waals surface area (Å²) in [6.45, 7) is 5.55. The van der Waals surface area contributed by atoms with Crippen LogP contribution in [-0.2, 0) is 12.0 Å². The molecule has 2 aliphatic rings. The average Bonchev–Trinajstić information content (AvgIpc) is 3.09. The molecule has 1 N–H and O–H groups in total. The lowest BCUT2D eigenvalue weighted by molar-refractivity contribution is 0.137. The fraction of sp³-hybridized carbons (Fsp3) is 0.360. The van der Waals surface area contributed by atoms with Crippen molar-refractivity contribution >= 4 is 6.08 Å². The van der Waals surface area contributed by atoms with Gasteiger partial charge in [0.15, 0.2) is 11.5 Å². The second-order valence-corrected chi connectivity index (χ2v) is 7.99. The van der Waals surface area contributed by atoms with E-state index in [0.717, 1.165) is 36.3 Å². The lowest BCUT2D eigenvalue weighted by Crippen LogP contribution is -2.45. The Morgan fingerprint density at radius 2 is 2.03 bits per heavy atom. The SMILES string of the molecule is C=Cc1c([C@@]23C=C[C@@H](O)C[C@@H]2N(C)CC3)ccc(OC)c1OCc1ccccc1. The standard InChI is InChI=1S/C25H29NO3/c1-4-20-21(25-13-12-19(27)16-23(25)26(2)15-14-25)10-11-22(28-3)24(20)29-17-18-8-6-5-7-9-18/h4-13,19,23,27H,1,14-17H2,2-3H3/t19-,23+,25+/m1/s1. The highest BCUT2D eigenvalue weighted by Crippen LogP contribution is 2.49. The molecule has 1 heterocycles. The molecular weight excluding hydrogens is 362 g/mol. The van der Waals surface area contributed by atoms with Gasteiger partial charge in [0.05, 0.1) is 13.2 Å². The Kier molecular flexibility index (Phi) is 5.48. The maximum Gasteiger partial charge on any atom is 0.169 e. The lowest BCUT2D eigenvalue weighted by atomic mass is 9.68. The van der Waals surface area contributed by atoms with Crippen molar-refractivity contribution in [3.63, 3.8) is 0 Å². The van der Waals surface area contributed by atoms with Gasteiger partial charge in [-0.05, 0) is 43.6 Å². The minimum atomic E-state index is -0.395. The number of hydrogen-bond donors (Lipinski definition) is 1. The van der Waals surface area contributed by atoms with E-state index < -0.39 is 6.10 Å². The Labute approximate surface area is 173 Å². The monoisotopic (exact) mass is 391 g/mol. The fourth-order valence-electron chi connectivity index (χ4n) is 4.88. The zero-order chi connectivity index (χ0) is 20.4. The number of rotatable bonds is 6. The summed E-state index contributed by atoms with van der Waals surface area (Å²) in [6, 6.07) is 14.5. The van der Waals surface area contributed by atoms with Gasteiger partial charge in [-0.2, -0.15) is 0 Å². The van der Waals surface area contributed by atoms with Gasteiger partial charge >= 0.3 is 0 Å². The third-order valence-corrected chi connectivity index (χ3v) is 6.40. The van der Waals surface area contributed by atoms with Crippen LogP contribution in [0.25, 0.3) is 6.08 Å². The van der Waals surface area contributed by atoms with Crippen LogP contribution in [-0.4, -0.2) is 42.9 Å². The summed E-state index contributed by atoms with van der Waals surface area (Å²) in [4.78, 5) is 2.36. The Morgan fingerprint density at radius 1 is 1.24 bits per heavy atom. The van der Waals surface area contributed by atoms with Crippen molar-refractivity contribution in [1.29, 1.82) is 0 Å². The average molecular weight is 392 g/mol. The number of likely N-dealkylation sites (tertiary alicyclic amines) is 1. The van der Waals surface area contributed by atoms with Crippen molar-refractivity contribution in [2.45, 2.75) is 37.0 Å². The van der Waals surface area contributed by atoms with Crippen molar-refractivity contribution in [2.24, 2.45) is 0 Å². The van der Waals surface area contributed by atoms with Gasteiger partial charge in [-0.25, -0.2) is 0 Å². The van der Waals surface area contributed by atoms with Crippen LogP contribution in [0.3, 0.4) is 0 Å². The van der Waals surface area contributed by atoms with Crippen LogP contribution >= 0.6 is 0 Å². The van der Waals surface area contributed by atoms with Gasteiger partial charge in [0.1, 0.15) is 6.61 Å². The molecule has 1 saturated heterocycles. The number of benzene rings is 2. The molecule has 0 radical (unpaired) electrons. The molecule has 0 saturated carbocycles. The van der Waals surface area contributed by atoms with Crippen LogP contribution in [0.4, 0.5) is 0 Å². The Bertz CT molecular complexity index is 908. The zero-order valence-electron chi connectivity index (χ0n) is 17.2. The van der Waals surface area contributed by atoms with Crippen LogP contribution in [0.2, 0.25) is 0 Å². The number of likely N-dealkylation sites (N-methyl/N-ethyl adjacent to an activating group) is 1. The van der Waals surface area contributed by atoms with E-state index in [-0.39, 0.29) is 11.5 Å². The molecule has 3 atom stereocenters. The fourth-order valence-corrected chi connectivity index (χ4v) is 4.88. The predicted molar refractivity (Wildman–Crippen MR) is 116 cm³/mol. The van der Waals surface area contributed by atoms with Gasteiger partial charge in [0, 0.05) is 17.0 Å². The third kappa shape index (κ3) is 3.47. The van der Waals surface area contributed by atoms with E-state index >= 15 is 0 Å². The van der Waals surface area contributed by atoms with Crippen molar-refractivity contribution in [3.8, 4) is 11.5 Å². The first-order valence-electron chi connectivity index (χ1n) is 10.2. The summed E-state index contributed by atoms with van der Waals surface area (Å²) < 4.78 is 11.9. The minimum Gasteiger partial charge on any atom is -0.493 e. The first-order chi connectivity index (χ1) is 14.1. The number of fused-ring (bicyclic) bond motifs is 1. The van der Waals surface area contributed by atoms with Crippen molar-refractivity contribution < 1.29 is 14.6 Å². The number of nitrogens with zero attached hydrogens (tertiary/aromatic N) is 1. The van der Waals surface area contributed by atoms with Crippen LogP contribution in [0, 0.1) is 0 Å². The second kappa shape index (κ2) is 8.05. The van der Waals surface area contributed by atoms with E-state index in [9.17, 15) is 5.11 Å². The first kappa shape index (κ1) is 19.7. The van der Waals surface area contributed by atoms with Crippen LogP contribution in [0.1, 0.15) is 29.5 Å². The van der Waals surface area contributed by atoms with Crippen LogP contribution < -0.4 is 9.47 Å². The largest absolute Gasteiger partial charge is 0.493 e. The topological polar surface area (TPSA) is 41.9 Å². The molecule has 2 aromatic carbocycles. The lowest BCUT2D eigenvalue weighted by Gasteiger charge is -2.40. The Balaban J connectivity index is 1.78. The Morgan fingerprint density at radius 3 is 2.76 bits per heavy atom. The summed E-state index contributed by atoms with van der Waals surface area (Å²) in [6.07, 6.45) is 7.36. The van der Waals surface area contributed by atoms with E-state index in [4.69, 9.17) is 9.47 Å². The molecule has 29 heavy (non-hydrogen) atoms. The molecule has 2 aromatic rings. The van der Waals surface area contributed by atoms with Gasteiger partial charge < -0.3 is 19.5 Å².